The molecule has 1 rings (SSSR count). The van der Waals surface area contributed by atoms with Crippen molar-refractivity contribution in [3.8, 4) is 5.75 Å². The number of hydrogen-bond donors (Lipinski definition) is 1. The van der Waals surface area contributed by atoms with Crippen molar-refractivity contribution in [1.29, 1.82) is 0 Å². The van der Waals surface area contributed by atoms with E-state index in [-0.39, 0.29) is 5.82 Å². The SMILES string of the molecule is CCCNCc1ccc(OCCCOCCOC)c(F)c1. The maximum Gasteiger partial charge on any atom is 0.165 e. The summed E-state index contributed by atoms with van der Waals surface area (Å²) >= 11 is 0. The largest absolute Gasteiger partial charge is 0.490 e. The fourth-order valence-electron chi connectivity index (χ4n) is 1.77. The maximum atomic E-state index is 13.8. The van der Waals surface area contributed by atoms with Crippen LogP contribution in [0.3, 0.4) is 0 Å². The van der Waals surface area contributed by atoms with Crippen LogP contribution in [0.15, 0.2) is 18.2 Å². The average Bonchev–Trinajstić information content (AvgIpc) is 2.48. The van der Waals surface area contributed by atoms with Crippen molar-refractivity contribution in [2.45, 2.75) is 26.3 Å². The van der Waals surface area contributed by atoms with Gasteiger partial charge >= 0.3 is 0 Å². The van der Waals surface area contributed by atoms with E-state index in [1.54, 1.807) is 13.2 Å². The summed E-state index contributed by atoms with van der Waals surface area (Å²) in [5.41, 5.74) is 0.927. The summed E-state index contributed by atoms with van der Waals surface area (Å²) < 4.78 is 29.4. The summed E-state index contributed by atoms with van der Waals surface area (Å²) in [6.07, 6.45) is 1.79. The Bertz CT molecular complexity index is 388. The second-order valence-corrected chi connectivity index (χ2v) is 4.75. The Labute approximate surface area is 126 Å². The van der Waals surface area contributed by atoms with Crippen LogP contribution >= 0.6 is 0 Å². The molecule has 0 amide bonds. The molecule has 0 heterocycles. The second-order valence-electron chi connectivity index (χ2n) is 4.75. The van der Waals surface area contributed by atoms with E-state index >= 15 is 0 Å². The summed E-state index contributed by atoms with van der Waals surface area (Å²) in [7, 11) is 1.64. The highest BCUT2D eigenvalue weighted by molar-refractivity contribution is 5.29. The van der Waals surface area contributed by atoms with Gasteiger partial charge in [-0.3, -0.25) is 0 Å². The zero-order valence-corrected chi connectivity index (χ0v) is 13.0. The number of ether oxygens (including phenoxy) is 3. The van der Waals surface area contributed by atoms with Gasteiger partial charge in [-0.1, -0.05) is 13.0 Å². The quantitative estimate of drug-likeness (QED) is 0.602. The van der Waals surface area contributed by atoms with Gasteiger partial charge in [0, 0.05) is 26.7 Å². The van der Waals surface area contributed by atoms with Crippen LogP contribution in [0, 0.1) is 5.82 Å². The fraction of sp³-hybridized carbons (Fsp3) is 0.625. The maximum absolute atomic E-state index is 13.8. The molecule has 5 heteroatoms. The van der Waals surface area contributed by atoms with Crippen molar-refractivity contribution >= 4 is 0 Å². The molecule has 0 saturated carbocycles. The lowest BCUT2D eigenvalue weighted by Gasteiger charge is -2.09. The van der Waals surface area contributed by atoms with Crippen LogP contribution in [0.4, 0.5) is 4.39 Å². The lowest BCUT2D eigenvalue weighted by molar-refractivity contribution is 0.0642. The lowest BCUT2D eigenvalue weighted by Crippen LogP contribution is -2.14. The highest BCUT2D eigenvalue weighted by Gasteiger charge is 2.04. The van der Waals surface area contributed by atoms with Crippen molar-refractivity contribution in [2.24, 2.45) is 0 Å². The van der Waals surface area contributed by atoms with Gasteiger partial charge in [0.25, 0.3) is 0 Å². The molecule has 0 aliphatic carbocycles. The molecular formula is C16H26FNO3. The number of halogens is 1. The molecule has 0 atom stereocenters. The molecule has 1 aromatic carbocycles. The van der Waals surface area contributed by atoms with Crippen molar-refractivity contribution in [1.82, 2.24) is 5.32 Å². The van der Waals surface area contributed by atoms with Crippen molar-refractivity contribution in [3.05, 3.63) is 29.6 Å². The predicted molar refractivity (Wildman–Crippen MR) is 81.2 cm³/mol. The van der Waals surface area contributed by atoms with E-state index in [1.165, 1.54) is 6.07 Å². The smallest absolute Gasteiger partial charge is 0.165 e. The lowest BCUT2D eigenvalue weighted by atomic mass is 10.2. The third-order valence-electron chi connectivity index (χ3n) is 2.87. The van der Waals surface area contributed by atoms with Gasteiger partial charge in [0.1, 0.15) is 0 Å². The van der Waals surface area contributed by atoms with Crippen LogP contribution in [-0.2, 0) is 16.0 Å². The first-order valence-electron chi connectivity index (χ1n) is 7.46. The number of nitrogens with one attached hydrogen (secondary N) is 1. The minimum Gasteiger partial charge on any atom is -0.490 e. The normalized spacial score (nSPS) is 10.8. The van der Waals surface area contributed by atoms with Crippen LogP contribution in [0.25, 0.3) is 0 Å². The zero-order chi connectivity index (χ0) is 15.3. The van der Waals surface area contributed by atoms with E-state index in [0.717, 1.165) is 24.9 Å². The molecular weight excluding hydrogens is 273 g/mol. The summed E-state index contributed by atoms with van der Waals surface area (Å²) in [6, 6.07) is 5.09. The average molecular weight is 299 g/mol. The van der Waals surface area contributed by atoms with E-state index in [1.807, 2.05) is 6.07 Å². The van der Waals surface area contributed by atoms with E-state index < -0.39 is 0 Å². The molecule has 0 saturated heterocycles. The number of rotatable bonds is 12. The third-order valence-corrected chi connectivity index (χ3v) is 2.87. The Morgan fingerprint density at radius 3 is 2.71 bits per heavy atom. The molecule has 0 aromatic heterocycles. The molecule has 0 fully saturated rings. The van der Waals surface area contributed by atoms with Crippen LogP contribution in [0.2, 0.25) is 0 Å². The number of benzene rings is 1. The van der Waals surface area contributed by atoms with Crippen LogP contribution in [-0.4, -0.2) is 40.1 Å². The van der Waals surface area contributed by atoms with Gasteiger partial charge < -0.3 is 19.5 Å². The topological polar surface area (TPSA) is 39.7 Å². The van der Waals surface area contributed by atoms with Gasteiger partial charge in [0.2, 0.25) is 0 Å². The van der Waals surface area contributed by atoms with Crippen molar-refractivity contribution < 1.29 is 18.6 Å². The third kappa shape index (κ3) is 7.99. The van der Waals surface area contributed by atoms with Gasteiger partial charge in [0.15, 0.2) is 11.6 Å². The highest BCUT2D eigenvalue weighted by Crippen LogP contribution is 2.18. The highest BCUT2D eigenvalue weighted by atomic mass is 19.1. The van der Waals surface area contributed by atoms with E-state index in [2.05, 4.69) is 12.2 Å². The molecule has 0 radical (unpaired) electrons. The summed E-state index contributed by atoms with van der Waals surface area (Å²) in [6.45, 7) is 5.90. The van der Waals surface area contributed by atoms with Gasteiger partial charge in [-0.15, -0.1) is 0 Å². The molecule has 1 aromatic rings. The zero-order valence-electron chi connectivity index (χ0n) is 13.0. The standard InChI is InChI=1S/C16H26FNO3/c1-3-7-18-13-14-5-6-16(15(17)12-14)21-9-4-8-20-11-10-19-2/h5-6,12,18H,3-4,7-11,13H2,1-2H3. The molecule has 120 valence electrons. The first kappa shape index (κ1) is 17.9. The molecule has 0 spiro atoms. The van der Waals surface area contributed by atoms with Crippen LogP contribution < -0.4 is 10.1 Å². The van der Waals surface area contributed by atoms with Crippen LogP contribution in [0.5, 0.6) is 5.75 Å². The van der Waals surface area contributed by atoms with Gasteiger partial charge in [-0.25, -0.2) is 4.39 Å². The molecule has 0 unspecified atom stereocenters. The molecule has 0 aliphatic heterocycles. The second kappa shape index (κ2) is 11.5. The van der Waals surface area contributed by atoms with Crippen molar-refractivity contribution in [2.75, 3.05) is 40.1 Å². The number of methoxy groups -OCH3 is 1. The van der Waals surface area contributed by atoms with Crippen LogP contribution in [0.1, 0.15) is 25.3 Å². The summed E-state index contributed by atoms with van der Waals surface area (Å²) in [4.78, 5) is 0. The molecule has 0 bridgehead atoms. The molecule has 0 aliphatic rings. The Morgan fingerprint density at radius 2 is 2.00 bits per heavy atom. The summed E-state index contributed by atoms with van der Waals surface area (Å²) in [5.74, 6) is -0.0165. The molecule has 4 nitrogen and oxygen atoms in total. The van der Waals surface area contributed by atoms with Gasteiger partial charge in [0.05, 0.1) is 19.8 Å². The van der Waals surface area contributed by atoms with Gasteiger partial charge in [-0.05, 0) is 30.7 Å². The minimum atomic E-state index is -0.314. The monoisotopic (exact) mass is 299 g/mol. The van der Waals surface area contributed by atoms with Crippen molar-refractivity contribution in [3.63, 3.8) is 0 Å². The Morgan fingerprint density at radius 1 is 1.14 bits per heavy atom. The first-order chi connectivity index (χ1) is 10.3. The Balaban J connectivity index is 2.22. The Kier molecular flexibility index (Phi) is 9.78. The minimum absolute atomic E-state index is 0.297. The predicted octanol–water partition coefficient (Wildman–Crippen LogP) is 2.76. The fourth-order valence-corrected chi connectivity index (χ4v) is 1.77. The Hall–Kier alpha value is -1.17. The summed E-state index contributed by atoms with van der Waals surface area (Å²) in [5, 5.41) is 3.24. The van der Waals surface area contributed by atoms with E-state index in [9.17, 15) is 4.39 Å². The first-order valence-corrected chi connectivity index (χ1v) is 7.46. The molecule has 1 N–H and O–H groups in total. The van der Waals surface area contributed by atoms with E-state index in [4.69, 9.17) is 14.2 Å². The number of hydrogen-bond acceptors (Lipinski definition) is 4. The van der Waals surface area contributed by atoms with Gasteiger partial charge in [-0.2, -0.15) is 0 Å². The molecule has 21 heavy (non-hydrogen) atoms. The van der Waals surface area contributed by atoms with E-state index in [0.29, 0.717) is 38.7 Å².